The topological polar surface area (TPSA) is 23.6 Å². The number of carbonyl (C=O) groups excluding carboxylic acids is 1. The van der Waals surface area contributed by atoms with Crippen LogP contribution in [-0.4, -0.2) is 35.3 Å². The molecule has 0 bridgehead atoms. The van der Waals surface area contributed by atoms with Crippen LogP contribution in [-0.2, 0) is 50.1 Å². The average Bonchev–Trinajstić information content (AvgIpc) is 1.50. The van der Waals surface area contributed by atoms with Gasteiger partial charge in [-0.15, -0.1) is 68.0 Å². The Bertz CT molecular complexity index is 5340. The minimum Gasteiger partial charge on any atom is -0.365 e. The summed E-state index contributed by atoms with van der Waals surface area (Å²) in [6, 6.07) is 69.0. The molecular formula is C106H126N2OS6. The molecule has 0 N–H and O–H groups in total. The van der Waals surface area contributed by atoms with Crippen LogP contribution in [0.15, 0.2) is 181 Å². The largest absolute Gasteiger partial charge is 0.365 e. The lowest BCUT2D eigenvalue weighted by molar-refractivity contribution is -0.123. The number of carbonyl (C=O) groups is 1. The van der Waals surface area contributed by atoms with Crippen molar-refractivity contribution < 1.29 is 4.79 Å². The van der Waals surface area contributed by atoms with E-state index >= 15 is 4.79 Å². The molecule has 4 atom stereocenters. The molecule has 0 spiro atoms. The lowest BCUT2D eigenvalue weighted by Crippen LogP contribution is -2.39. The van der Waals surface area contributed by atoms with Crippen LogP contribution < -0.4 is 0 Å². The first-order valence-corrected chi connectivity index (χ1v) is 48.9. The quantitative estimate of drug-likeness (QED) is 0.0383. The minimum atomic E-state index is -0.613. The van der Waals surface area contributed by atoms with E-state index in [9.17, 15) is 0 Å². The van der Waals surface area contributed by atoms with Gasteiger partial charge in [0.25, 0.3) is 5.91 Å². The summed E-state index contributed by atoms with van der Waals surface area (Å²) >= 11 is 11.8. The zero-order valence-electron chi connectivity index (χ0n) is 72.4. The van der Waals surface area contributed by atoms with Crippen LogP contribution in [0.25, 0.3) is 51.8 Å². The van der Waals surface area contributed by atoms with Gasteiger partial charge in [0.2, 0.25) is 0 Å². The van der Waals surface area contributed by atoms with Gasteiger partial charge in [-0.05, 0) is 215 Å². The average molecular weight is 1640 g/mol. The minimum absolute atomic E-state index is 0.0427. The maximum absolute atomic E-state index is 16.1. The van der Waals surface area contributed by atoms with Crippen molar-refractivity contribution >= 4 is 85.3 Å². The Kier molecular flexibility index (Phi) is 24.3. The summed E-state index contributed by atoms with van der Waals surface area (Å²) in [5.41, 5.74) is 21.8. The third kappa shape index (κ3) is 15.3. The van der Waals surface area contributed by atoms with Gasteiger partial charge >= 0.3 is 0 Å². The second kappa shape index (κ2) is 33.7. The van der Waals surface area contributed by atoms with Gasteiger partial charge in [-0.2, -0.15) is 0 Å². The standard InChI is InChI=1S/C106H126N2OS6/c1-19-25-29-31-35-72-41-49-76(50-42-72)105(74-45-37-68(7)38-46-74)81-62-79-82(106(75-47-39-69(8)40-48-75,84-64-94(102(12,13)14)115-99(79)84)77-51-43-73(44-52-77)36-32-30-26-20-2)61-78(81)98-83(105)63-90(114-98)87-56-59-92(112-87)103(15,16)104(17,18)93-60-57-88(113-93)96-80-67-107(65-70(23-5)33-27-21-3)97(95(80)100(109)108(96)66-71(24-6)34-28-22-4)89-54-53-85(110-89)86-55-58-91(111-86)101(9,10)11/h37-64,70-71H,19-36,65-67H2,1-18H3. The Balaban J connectivity index is 0.858. The lowest BCUT2D eigenvalue weighted by Gasteiger charge is -2.40. The third-order valence-electron chi connectivity index (χ3n) is 27.0. The maximum atomic E-state index is 16.1. The van der Waals surface area contributed by atoms with Crippen molar-refractivity contribution in [3.8, 4) is 40.4 Å². The number of hydrogen-bond acceptors (Lipinski definition) is 8. The summed E-state index contributed by atoms with van der Waals surface area (Å²) in [6.45, 7) is 45.1. The Morgan fingerprint density at radius 1 is 0.374 bits per heavy atom. The molecule has 0 radical (unpaired) electrons. The summed E-state index contributed by atoms with van der Waals surface area (Å²) in [5, 5.41) is 0. The molecule has 6 aromatic heterocycles. The molecule has 11 aromatic rings. The predicted octanol–water partition coefficient (Wildman–Crippen LogP) is 31.5. The predicted molar refractivity (Wildman–Crippen MR) is 504 cm³/mol. The summed E-state index contributed by atoms with van der Waals surface area (Å²) < 4.78 is 0. The number of unbranched alkanes of at least 4 members (excludes halogenated alkanes) is 8. The number of nitrogens with zero attached hydrogens (tertiary/aromatic N) is 2. The molecule has 2 aliphatic carbocycles. The van der Waals surface area contributed by atoms with E-state index in [2.05, 4.69) is 304 Å². The monoisotopic (exact) mass is 1630 g/mol. The van der Waals surface area contributed by atoms with Crippen LogP contribution in [0, 0.1) is 25.7 Å². The molecule has 4 aliphatic rings. The zero-order chi connectivity index (χ0) is 81.1. The van der Waals surface area contributed by atoms with E-state index in [-0.39, 0.29) is 27.6 Å². The van der Waals surface area contributed by atoms with Crippen molar-refractivity contribution in [2.24, 2.45) is 11.8 Å². The lowest BCUT2D eigenvalue weighted by atomic mass is 9.65. The summed E-state index contributed by atoms with van der Waals surface area (Å²) in [6.07, 6.45) is 21.5. The number of benzene rings is 5. The van der Waals surface area contributed by atoms with Gasteiger partial charge in [0.1, 0.15) is 0 Å². The van der Waals surface area contributed by atoms with Crippen LogP contribution in [0.4, 0.5) is 0 Å². The van der Waals surface area contributed by atoms with Crippen LogP contribution >= 0.6 is 68.0 Å². The Hall–Kier alpha value is -6.95. The fourth-order valence-electron chi connectivity index (χ4n) is 19.1. The summed E-state index contributed by atoms with van der Waals surface area (Å²) in [5.74, 6) is 1.16. The first kappa shape index (κ1) is 83.1. The van der Waals surface area contributed by atoms with E-state index in [0.29, 0.717) is 11.8 Å². The normalized spacial score (nSPS) is 17.4. The fourth-order valence-corrected chi connectivity index (χ4v) is 26.6. The van der Waals surface area contributed by atoms with Gasteiger partial charge < -0.3 is 9.80 Å². The van der Waals surface area contributed by atoms with E-state index in [1.165, 1.54) is 219 Å². The second-order valence-corrected chi connectivity index (χ2v) is 43.9. The number of aryl methyl sites for hydroxylation is 4. The molecule has 0 fully saturated rings. The third-order valence-corrected chi connectivity index (χ3v) is 35.6. The van der Waals surface area contributed by atoms with Crippen molar-refractivity contribution in [2.45, 2.75) is 273 Å². The fraction of sp³-hybridized carbons (Fsp3) is 0.443. The first-order valence-electron chi connectivity index (χ1n) is 44.0. The van der Waals surface area contributed by atoms with Gasteiger partial charge in [-0.1, -0.05) is 296 Å². The van der Waals surface area contributed by atoms with Gasteiger partial charge in [-0.25, -0.2) is 0 Å². The van der Waals surface area contributed by atoms with Crippen molar-refractivity contribution in [2.75, 3.05) is 19.6 Å². The summed E-state index contributed by atoms with van der Waals surface area (Å²) in [7, 11) is 0. The zero-order valence-corrected chi connectivity index (χ0v) is 77.3. The Morgan fingerprint density at radius 2 is 0.783 bits per heavy atom. The van der Waals surface area contributed by atoms with E-state index in [0.717, 1.165) is 75.1 Å². The molecule has 0 saturated heterocycles. The number of thiophene rings is 6. The van der Waals surface area contributed by atoms with Crippen molar-refractivity contribution in [1.82, 2.24) is 9.80 Å². The number of amides is 1. The first-order chi connectivity index (χ1) is 55.2. The highest BCUT2D eigenvalue weighted by atomic mass is 32.1. The highest BCUT2D eigenvalue weighted by Gasteiger charge is 2.54. The molecule has 8 heterocycles. The van der Waals surface area contributed by atoms with Crippen molar-refractivity contribution in [3.05, 3.63) is 277 Å². The van der Waals surface area contributed by atoms with Gasteiger partial charge in [0.05, 0.1) is 37.6 Å². The number of rotatable bonds is 33. The molecule has 3 nitrogen and oxygen atoms in total. The molecule has 5 aromatic carbocycles. The number of fused-ring (bicyclic) bond motifs is 7. The Morgan fingerprint density at radius 3 is 1.27 bits per heavy atom. The molecule has 9 heteroatoms. The molecule has 2 aliphatic heterocycles. The Labute approximate surface area is 715 Å². The molecule has 602 valence electrons. The highest BCUT2D eigenvalue weighted by Crippen LogP contribution is 2.67. The van der Waals surface area contributed by atoms with Crippen LogP contribution in [0.5, 0.6) is 0 Å². The van der Waals surface area contributed by atoms with E-state index in [4.69, 9.17) is 0 Å². The number of hydrogen-bond donors (Lipinski definition) is 0. The molecule has 115 heavy (non-hydrogen) atoms. The van der Waals surface area contributed by atoms with E-state index in [1.54, 1.807) is 0 Å². The van der Waals surface area contributed by atoms with Crippen LogP contribution in [0.1, 0.15) is 310 Å². The molecule has 4 unspecified atom stereocenters. The highest BCUT2D eigenvalue weighted by molar-refractivity contribution is 7.24. The van der Waals surface area contributed by atoms with Gasteiger partial charge in [0, 0.05) is 84.8 Å². The SMILES string of the molecule is CCCCCCc1ccc(C2(c3ccc(C)cc3)c3cc4c(cc3-c3sc(-c5ccc(C(C)(C)C(C)(C)c6ccc(C7=C8CN(CC(CC)CCCC)C(c9ccc(-c%10ccc(C(C)(C)C)s%10)s9)=C8C(=O)N7CC(CC)CCCC)s6)s5)cc32)C(c2ccc(C)cc2)(c2ccc(CCCCCC)cc2)c2cc(C(C)(C)C)sc2-4)cc1. The van der Waals surface area contributed by atoms with Crippen molar-refractivity contribution in [1.29, 1.82) is 0 Å². The molecular weight excluding hydrogens is 1510 g/mol. The smallest absolute Gasteiger partial charge is 0.260 e. The van der Waals surface area contributed by atoms with Gasteiger partial charge in [-0.3, -0.25) is 4.79 Å². The summed E-state index contributed by atoms with van der Waals surface area (Å²) in [4.78, 5) is 37.0. The molecule has 15 rings (SSSR count). The maximum Gasteiger partial charge on any atom is 0.260 e. The van der Waals surface area contributed by atoms with Gasteiger partial charge in [0.15, 0.2) is 0 Å². The van der Waals surface area contributed by atoms with E-state index < -0.39 is 10.8 Å². The van der Waals surface area contributed by atoms with Crippen LogP contribution in [0.3, 0.4) is 0 Å². The van der Waals surface area contributed by atoms with E-state index in [1.807, 2.05) is 68.0 Å². The second-order valence-electron chi connectivity index (χ2n) is 37.5. The molecule has 1 amide bonds. The molecule has 0 saturated carbocycles. The van der Waals surface area contributed by atoms with Crippen LogP contribution in [0.2, 0.25) is 0 Å². The van der Waals surface area contributed by atoms with Crippen molar-refractivity contribution in [3.63, 3.8) is 0 Å².